The smallest absolute Gasteiger partial charge is 0.298 e. The summed E-state index contributed by atoms with van der Waals surface area (Å²) in [6.07, 6.45) is 2.03. The first-order chi connectivity index (χ1) is 17.1. The molecule has 1 aromatic rings. The van der Waals surface area contributed by atoms with E-state index in [2.05, 4.69) is 10.3 Å². The molecule has 3 heterocycles. The summed E-state index contributed by atoms with van der Waals surface area (Å²) in [5, 5.41) is 3.57. The average Bonchev–Trinajstić information content (AvgIpc) is 3.03. The van der Waals surface area contributed by atoms with Gasteiger partial charge in [0.1, 0.15) is 23.4 Å². The van der Waals surface area contributed by atoms with Gasteiger partial charge in [0.05, 0.1) is 25.9 Å². The molecule has 0 saturated carbocycles. The Labute approximate surface area is 208 Å². The molecule has 11 nitrogen and oxygen atoms in total. The molecule has 3 aliphatic rings. The summed E-state index contributed by atoms with van der Waals surface area (Å²) in [6.45, 7) is 1.71. The number of carbonyl (C=O) groups is 3. The van der Waals surface area contributed by atoms with Crippen molar-refractivity contribution in [1.29, 1.82) is 0 Å². The Morgan fingerprint density at radius 3 is 2.75 bits per heavy atom. The number of nitrogens with one attached hydrogen (secondary N) is 1. The number of ketones is 1. The van der Waals surface area contributed by atoms with Gasteiger partial charge < -0.3 is 14.8 Å². The number of hydrogen-bond acceptors (Lipinski definition) is 8. The number of Topliss-reactive ketones (excluding diaryl/α,β-unsaturated/α-hetero) is 1. The summed E-state index contributed by atoms with van der Waals surface area (Å²) in [5.74, 6) is -3.23. The molecular formula is C23H27FN4O7S. The lowest BCUT2D eigenvalue weighted by atomic mass is 10.0. The van der Waals surface area contributed by atoms with Gasteiger partial charge in [-0.05, 0) is 12.5 Å². The van der Waals surface area contributed by atoms with E-state index in [1.54, 1.807) is 6.92 Å². The van der Waals surface area contributed by atoms with Gasteiger partial charge in [-0.3, -0.25) is 19.3 Å². The highest BCUT2D eigenvalue weighted by molar-refractivity contribution is 7.92. The second-order valence-electron chi connectivity index (χ2n) is 8.58. The van der Waals surface area contributed by atoms with E-state index in [1.807, 2.05) is 0 Å². The number of sulfonamides is 1. The Morgan fingerprint density at radius 2 is 2.00 bits per heavy atom. The van der Waals surface area contributed by atoms with Crippen LogP contribution in [0, 0.1) is 5.82 Å². The molecule has 1 unspecified atom stereocenters. The van der Waals surface area contributed by atoms with E-state index in [-0.39, 0.29) is 44.4 Å². The van der Waals surface area contributed by atoms with Crippen molar-refractivity contribution >= 4 is 33.5 Å². The number of carbonyl (C=O) groups excluding carboxylic acids is 3. The van der Waals surface area contributed by atoms with Gasteiger partial charge in [-0.15, -0.1) is 0 Å². The van der Waals surface area contributed by atoms with Gasteiger partial charge in [0.15, 0.2) is 6.04 Å². The number of rotatable bonds is 1. The number of ether oxygens (including phenoxy) is 2. The quantitative estimate of drug-likeness (QED) is 0.416. The van der Waals surface area contributed by atoms with Crippen LogP contribution in [0.4, 0.5) is 4.39 Å². The van der Waals surface area contributed by atoms with E-state index < -0.39 is 51.6 Å². The van der Waals surface area contributed by atoms with E-state index >= 15 is 0 Å². The minimum atomic E-state index is -4.01. The highest BCUT2D eigenvalue weighted by Crippen LogP contribution is 2.25. The predicted octanol–water partition coefficient (Wildman–Crippen LogP) is 0.356. The molecular weight excluding hydrogens is 495 g/mol. The molecule has 4 rings (SSSR count). The summed E-state index contributed by atoms with van der Waals surface area (Å²) in [5.41, 5.74) is 0.434. The highest BCUT2D eigenvalue weighted by Gasteiger charge is 2.48. The van der Waals surface area contributed by atoms with Gasteiger partial charge in [0, 0.05) is 37.1 Å². The predicted molar refractivity (Wildman–Crippen MR) is 126 cm³/mol. The first kappa shape index (κ1) is 25.9. The zero-order chi connectivity index (χ0) is 26.0. The van der Waals surface area contributed by atoms with Crippen molar-refractivity contribution in [2.45, 2.75) is 44.4 Å². The van der Waals surface area contributed by atoms with Crippen molar-refractivity contribution in [1.82, 2.24) is 14.5 Å². The first-order valence-corrected chi connectivity index (χ1v) is 13.0. The number of benzene rings is 1. The lowest BCUT2D eigenvalue weighted by Crippen LogP contribution is -2.61. The van der Waals surface area contributed by atoms with Crippen LogP contribution in [-0.4, -0.2) is 86.0 Å². The van der Waals surface area contributed by atoms with Crippen molar-refractivity contribution in [3.05, 3.63) is 41.1 Å². The molecule has 0 aliphatic carbocycles. The Kier molecular flexibility index (Phi) is 7.52. The van der Waals surface area contributed by atoms with Crippen LogP contribution in [0.25, 0.3) is 0 Å². The molecule has 1 aromatic carbocycles. The Bertz CT molecular complexity index is 1230. The van der Waals surface area contributed by atoms with Crippen molar-refractivity contribution in [3.8, 4) is 5.75 Å². The third kappa shape index (κ3) is 5.04. The van der Waals surface area contributed by atoms with Crippen LogP contribution in [0.15, 0.2) is 34.7 Å². The number of amides is 2. The average molecular weight is 523 g/mol. The number of nitrogens with zero attached hydrogens (tertiary/aromatic N) is 3. The van der Waals surface area contributed by atoms with Crippen LogP contribution in [0.2, 0.25) is 0 Å². The maximum Gasteiger partial charge on any atom is 0.298 e. The molecule has 36 heavy (non-hydrogen) atoms. The summed E-state index contributed by atoms with van der Waals surface area (Å²) >= 11 is 0. The van der Waals surface area contributed by atoms with Gasteiger partial charge in [0.25, 0.3) is 17.6 Å². The molecule has 1 fully saturated rings. The molecule has 1 saturated heterocycles. The lowest BCUT2D eigenvalue weighted by molar-refractivity contribution is -0.147. The molecule has 194 valence electrons. The zero-order valence-electron chi connectivity index (χ0n) is 19.8. The van der Waals surface area contributed by atoms with E-state index in [0.29, 0.717) is 12.0 Å². The minimum absolute atomic E-state index is 0.0125. The molecule has 3 aliphatic heterocycles. The van der Waals surface area contributed by atoms with Crippen molar-refractivity contribution in [3.63, 3.8) is 0 Å². The summed E-state index contributed by atoms with van der Waals surface area (Å²) in [6, 6.07) is 0.472. The minimum Gasteiger partial charge on any atom is -0.493 e. The molecule has 3 atom stereocenters. The number of hydrogen-bond donors (Lipinski definition) is 1. The Balaban J connectivity index is 1.80. The third-order valence-electron chi connectivity index (χ3n) is 6.29. The molecule has 1 N–H and O–H groups in total. The highest BCUT2D eigenvalue weighted by atomic mass is 32.2. The van der Waals surface area contributed by atoms with E-state index in [9.17, 15) is 27.2 Å². The number of amidine groups is 1. The van der Waals surface area contributed by atoms with Crippen LogP contribution < -0.4 is 10.1 Å². The maximum atomic E-state index is 13.8. The molecule has 0 radical (unpaired) electrons. The summed E-state index contributed by atoms with van der Waals surface area (Å²) in [7, 11) is -2.70. The van der Waals surface area contributed by atoms with Gasteiger partial charge in [-0.1, -0.05) is 19.1 Å². The van der Waals surface area contributed by atoms with Gasteiger partial charge >= 0.3 is 0 Å². The first-order valence-electron chi connectivity index (χ1n) is 11.5. The van der Waals surface area contributed by atoms with Gasteiger partial charge in [-0.2, -0.15) is 4.31 Å². The van der Waals surface area contributed by atoms with Gasteiger partial charge in [0.2, 0.25) is 10.0 Å². The van der Waals surface area contributed by atoms with E-state index in [1.165, 1.54) is 25.3 Å². The zero-order valence-corrected chi connectivity index (χ0v) is 20.7. The fourth-order valence-electron chi connectivity index (χ4n) is 4.19. The molecule has 0 spiro atoms. The second-order valence-corrected chi connectivity index (χ2v) is 10.5. The van der Waals surface area contributed by atoms with Gasteiger partial charge in [-0.25, -0.2) is 17.8 Å². The van der Waals surface area contributed by atoms with Crippen molar-refractivity contribution < 1.29 is 36.7 Å². The lowest BCUT2D eigenvalue weighted by Gasteiger charge is -2.37. The number of likely N-dealkylation sites (N-methyl/N-ethyl adjacent to an activating group) is 1. The Hall–Kier alpha value is -3.16. The standard InChI is InChI=1S/C23H27FN4O7S/c1-3-16-12-34-13-17-21-26-19(20(29)23(31)28(16)21)22(30)25-11-14-6-7-15(24)10-18(14)35-8-4-5-9-36(32,33)27(17)2/h5-7,9-10,16-17,19H,3-4,8,11-13H2,1-2H3,(H,25,30)/b9-5-/t16-,17+,19?/m0/s1. The largest absolute Gasteiger partial charge is 0.493 e. The fourth-order valence-corrected chi connectivity index (χ4v) is 5.27. The van der Waals surface area contributed by atoms with Crippen LogP contribution in [0.5, 0.6) is 5.75 Å². The van der Waals surface area contributed by atoms with Crippen LogP contribution in [0.1, 0.15) is 25.3 Å². The normalized spacial score (nSPS) is 28.3. The maximum absolute atomic E-state index is 13.8. The SMILES string of the molecule is CC[C@H]1COC[C@@H]2C3=NC(C(=O)NCc4ccc(F)cc4OCC/C=C\S(=O)(=O)N2C)C(=O)C(=O)N31. The van der Waals surface area contributed by atoms with Crippen LogP contribution in [-0.2, 0) is 35.7 Å². The third-order valence-corrected chi connectivity index (χ3v) is 7.88. The van der Waals surface area contributed by atoms with E-state index in [4.69, 9.17) is 9.47 Å². The van der Waals surface area contributed by atoms with Crippen LogP contribution >= 0.6 is 0 Å². The molecule has 2 amide bonds. The van der Waals surface area contributed by atoms with Crippen LogP contribution in [0.3, 0.4) is 0 Å². The number of halogens is 1. The van der Waals surface area contributed by atoms with Crippen molar-refractivity contribution in [2.75, 3.05) is 26.9 Å². The monoisotopic (exact) mass is 522 g/mol. The summed E-state index contributed by atoms with van der Waals surface area (Å²) < 4.78 is 52.2. The summed E-state index contributed by atoms with van der Waals surface area (Å²) in [4.78, 5) is 44.6. The number of fused-ring (bicyclic) bond motifs is 2. The fraction of sp³-hybridized carbons (Fsp3) is 0.478. The topological polar surface area (TPSA) is 135 Å². The van der Waals surface area contributed by atoms with Crippen molar-refractivity contribution in [2.24, 2.45) is 4.99 Å². The number of aliphatic imine (C=N–C) groups is 1. The molecule has 2 bridgehead atoms. The van der Waals surface area contributed by atoms with E-state index in [0.717, 1.165) is 20.7 Å². The molecule has 13 heteroatoms. The second kappa shape index (κ2) is 10.4. The molecule has 0 aromatic heterocycles. The Morgan fingerprint density at radius 1 is 1.22 bits per heavy atom.